The molecule has 0 saturated carbocycles. The molecule has 1 aliphatic carbocycles. The van der Waals surface area contributed by atoms with Gasteiger partial charge in [0.15, 0.2) is 0 Å². The average Bonchev–Trinajstić information content (AvgIpc) is 3.03. The van der Waals surface area contributed by atoms with Crippen LogP contribution in [0.4, 0.5) is 0 Å². The van der Waals surface area contributed by atoms with Crippen LogP contribution in [-0.2, 0) is 11.8 Å². The van der Waals surface area contributed by atoms with Crippen LogP contribution in [0.1, 0.15) is 37.8 Å². The maximum atomic E-state index is 5.35. The van der Waals surface area contributed by atoms with Crippen molar-refractivity contribution >= 4 is 0 Å². The lowest BCUT2D eigenvalue weighted by molar-refractivity contribution is 0.257. The van der Waals surface area contributed by atoms with E-state index in [-0.39, 0.29) is 5.41 Å². The van der Waals surface area contributed by atoms with Gasteiger partial charge in [-0.05, 0) is 67.4 Å². The molecule has 0 radical (unpaired) electrons. The fourth-order valence-corrected chi connectivity index (χ4v) is 3.48. The normalized spacial score (nSPS) is 24.8. The first-order chi connectivity index (χ1) is 10.1. The quantitative estimate of drug-likeness (QED) is 0.937. The van der Waals surface area contributed by atoms with E-state index in [1.165, 1.54) is 23.9 Å². The molecule has 1 aromatic carbocycles. The SMILES string of the molecule is CNCC[C@@]1(C)c2cc(-c3nnco3)ccc2CC[C@H]1C. The molecule has 0 amide bonds. The molecule has 1 aliphatic rings. The van der Waals surface area contributed by atoms with Crippen LogP contribution in [0.25, 0.3) is 11.5 Å². The Morgan fingerprint density at radius 2 is 2.29 bits per heavy atom. The highest BCUT2D eigenvalue weighted by atomic mass is 16.4. The number of fused-ring (bicyclic) bond motifs is 1. The van der Waals surface area contributed by atoms with Gasteiger partial charge in [-0.15, -0.1) is 10.2 Å². The van der Waals surface area contributed by atoms with Crippen LogP contribution in [-0.4, -0.2) is 23.8 Å². The summed E-state index contributed by atoms with van der Waals surface area (Å²) in [5, 5.41) is 11.1. The smallest absolute Gasteiger partial charge is 0.247 e. The third-order valence-electron chi connectivity index (χ3n) is 5.16. The van der Waals surface area contributed by atoms with E-state index in [1.54, 1.807) is 0 Å². The summed E-state index contributed by atoms with van der Waals surface area (Å²) in [6.07, 6.45) is 4.95. The number of benzene rings is 1. The molecule has 0 aliphatic heterocycles. The summed E-state index contributed by atoms with van der Waals surface area (Å²) in [5.41, 5.74) is 4.14. The van der Waals surface area contributed by atoms with E-state index < -0.39 is 0 Å². The second-order valence-corrected chi connectivity index (χ2v) is 6.33. The number of aromatic nitrogens is 2. The number of rotatable bonds is 4. The van der Waals surface area contributed by atoms with Gasteiger partial charge in [0.25, 0.3) is 0 Å². The molecule has 1 heterocycles. The summed E-state index contributed by atoms with van der Waals surface area (Å²) in [4.78, 5) is 0. The van der Waals surface area contributed by atoms with E-state index in [9.17, 15) is 0 Å². The standard InChI is InChI=1S/C17H23N3O/c1-12-4-5-13-6-7-14(16-20-19-11-21-16)10-15(13)17(12,2)8-9-18-3/h6-7,10-12,18H,4-5,8-9H2,1-3H3/t12-,17-/m1/s1. The summed E-state index contributed by atoms with van der Waals surface area (Å²) >= 11 is 0. The van der Waals surface area contributed by atoms with Crippen LogP contribution >= 0.6 is 0 Å². The molecule has 1 N–H and O–H groups in total. The third kappa shape index (κ3) is 2.48. The van der Waals surface area contributed by atoms with Gasteiger partial charge >= 0.3 is 0 Å². The Balaban J connectivity index is 2.04. The fraction of sp³-hybridized carbons (Fsp3) is 0.529. The van der Waals surface area contributed by atoms with Crippen molar-refractivity contribution in [2.75, 3.05) is 13.6 Å². The summed E-state index contributed by atoms with van der Waals surface area (Å²) < 4.78 is 5.35. The lowest BCUT2D eigenvalue weighted by atomic mass is 9.63. The van der Waals surface area contributed by atoms with Crippen LogP contribution in [0.2, 0.25) is 0 Å². The molecule has 4 heteroatoms. The average molecular weight is 285 g/mol. The Kier molecular flexibility index (Phi) is 3.81. The topological polar surface area (TPSA) is 51.0 Å². The predicted molar refractivity (Wildman–Crippen MR) is 83.1 cm³/mol. The molecule has 0 bridgehead atoms. The van der Waals surface area contributed by atoms with Gasteiger partial charge < -0.3 is 9.73 Å². The molecule has 112 valence electrons. The minimum Gasteiger partial charge on any atom is -0.423 e. The molecular formula is C17H23N3O. The van der Waals surface area contributed by atoms with Crippen molar-refractivity contribution in [3.05, 3.63) is 35.7 Å². The van der Waals surface area contributed by atoms with Gasteiger partial charge in [-0.25, -0.2) is 0 Å². The Morgan fingerprint density at radius 1 is 1.43 bits per heavy atom. The zero-order valence-electron chi connectivity index (χ0n) is 13.0. The Morgan fingerprint density at radius 3 is 3.00 bits per heavy atom. The maximum Gasteiger partial charge on any atom is 0.247 e. The summed E-state index contributed by atoms with van der Waals surface area (Å²) in [6.45, 7) is 5.80. The van der Waals surface area contributed by atoms with Gasteiger partial charge in [0.2, 0.25) is 12.3 Å². The maximum absolute atomic E-state index is 5.35. The highest BCUT2D eigenvalue weighted by molar-refractivity contribution is 5.57. The van der Waals surface area contributed by atoms with E-state index in [2.05, 4.69) is 47.6 Å². The fourth-order valence-electron chi connectivity index (χ4n) is 3.48. The zero-order chi connectivity index (χ0) is 14.9. The Labute approximate surface area is 126 Å². The van der Waals surface area contributed by atoms with Crippen molar-refractivity contribution in [1.82, 2.24) is 15.5 Å². The number of aryl methyl sites for hydroxylation is 1. The second kappa shape index (κ2) is 5.60. The van der Waals surface area contributed by atoms with Crippen molar-refractivity contribution in [3.63, 3.8) is 0 Å². The van der Waals surface area contributed by atoms with Crippen molar-refractivity contribution in [3.8, 4) is 11.5 Å². The van der Waals surface area contributed by atoms with Gasteiger partial charge in [-0.3, -0.25) is 0 Å². The molecule has 0 unspecified atom stereocenters. The lowest BCUT2D eigenvalue weighted by Crippen LogP contribution is -2.37. The number of nitrogens with one attached hydrogen (secondary N) is 1. The van der Waals surface area contributed by atoms with E-state index in [4.69, 9.17) is 4.42 Å². The zero-order valence-corrected chi connectivity index (χ0v) is 13.0. The van der Waals surface area contributed by atoms with E-state index in [0.29, 0.717) is 11.8 Å². The number of hydrogen-bond acceptors (Lipinski definition) is 4. The molecule has 21 heavy (non-hydrogen) atoms. The van der Waals surface area contributed by atoms with Gasteiger partial charge in [0.05, 0.1) is 0 Å². The van der Waals surface area contributed by atoms with E-state index in [0.717, 1.165) is 24.9 Å². The molecule has 0 fully saturated rings. The first-order valence-corrected chi connectivity index (χ1v) is 7.69. The van der Waals surface area contributed by atoms with Crippen molar-refractivity contribution < 1.29 is 4.42 Å². The molecular weight excluding hydrogens is 262 g/mol. The van der Waals surface area contributed by atoms with Crippen LogP contribution in [0.15, 0.2) is 29.0 Å². The molecule has 0 saturated heterocycles. The van der Waals surface area contributed by atoms with Crippen LogP contribution < -0.4 is 5.32 Å². The second-order valence-electron chi connectivity index (χ2n) is 6.33. The van der Waals surface area contributed by atoms with Gasteiger partial charge in [0.1, 0.15) is 0 Å². The van der Waals surface area contributed by atoms with Gasteiger partial charge in [-0.1, -0.05) is 19.9 Å². The minimum absolute atomic E-state index is 0.201. The highest BCUT2D eigenvalue weighted by Gasteiger charge is 2.37. The van der Waals surface area contributed by atoms with E-state index in [1.807, 2.05) is 7.05 Å². The van der Waals surface area contributed by atoms with Gasteiger partial charge in [-0.2, -0.15) is 0 Å². The largest absolute Gasteiger partial charge is 0.423 e. The van der Waals surface area contributed by atoms with Crippen molar-refractivity contribution in [2.24, 2.45) is 5.92 Å². The third-order valence-corrected chi connectivity index (χ3v) is 5.16. The Hall–Kier alpha value is -1.68. The highest BCUT2D eigenvalue weighted by Crippen LogP contribution is 2.44. The molecule has 3 rings (SSSR count). The van der Waals surface area contributed by atoms with Crippen LogP contribution in [0, 0.1) is 5.92 Å². The van der Waals surface area contributed by atoms with E-state index >= 15 is 0 Å². The number of hydrogen-bond donors (Lipinski definition) is 1. The van der Waals surface area contributed by atoms with Crippen molar-refractivity contribution in [1.29, 1.82) is 0 Å². The minimum atomic E-state index is 0.201. The molecule has 2 aromatic rings. The van der Waals surface area contributed by atoms with Crippen LogP contribution in [0.3, 0.4) is 0 Å². The Bertz CT molecular complexity index is 609. The van der Waals surface area contributed by atoms with Crippen molar-refractivity contribution in [2.45, 2.75) is 38.5 Å². The lowest BCUT2D eigenvalue weighted by Gasteiger charge is -2.42. The summed E-state index contributed by atoms with van der Waals surface area (Å²) in [5.74, 6) is 1.28. The summed E-state index contributed by atoms with van der Waals surface area (Å²) in [6, 6.07) is 6.59. The monoisotopic (exact) mass is 285 g/mol. The number of nitrogens with zero attached hydrogens (tertiary/aromatic N) is 2. The molecule has 1 aromatic heterocycles. The first kappa shape index (κ1) is 14.3. The summed E-state index contributed by atoms with van der Waals surface area (Å²) in [7, 11) is 2.02. The molecule has 0 spiro atoms. The van der Waals surface area contributed by atoms with Crippen LogP contribution in [0.5, 0.6) is 0 Å². The molecule has 2 atom stereocenters. The molecule has 4 nitrogen and oxygen atoms in total. The predicted octanol–water partition coefficient (Wildman–Crippen LogP) is 3.19. The van der Waals surface area contributed by atoms with Gasteiger partial charge in [0, 0.05) is 5.56 Å². The first-order valence-electron chi connectivity index (χ1n) is 7.69.